The third kappa shape index (κ3) is 5.35. The van der Waals surface area contributed by atoms with Crippen molar-refractivity contribution in [1.82, 2.24) is 4.90 Å². The molecule has 4 nitrogen and oxygen atoms in total. The van der Waals surface area contributed by atoms with Gasteiger partial charge in [0.2, 0.25) is 5.91 Å². The quantitative estimate of drug-likeness (QED) is 0.275. The Labute approximate surface area is 191 Å². The summed E-state index contributed by atoms with van der Waals surface area (Å²) < 4.78 is 72.4. The molecule has 1 aliphatic rings. The molecule has 2 atom stereocenters. The number of allylic oxidation sites excluding steroid dienone is 1. The Morgan fingerprint density at radius 1 is 1.24 bits per heavy atom. The van der Waals surface area contributed by atoms with Gasteiger partial charge in [-0.1, -0.05) is 48.0 Å². The van der Waals surface area contributed by atoms with Gasteiger partial charge < -0.3 is 4.74 Å². The molecule has 0 aliphatic carbocycles. The van der Waals surface area contributed by atoms with Crippen LogP contribution >= 0.6 is 11.6 Å². The predicted molar refractivity (Wildman–Crippen MR) is 111 cm³/mol. The standard InChI is InChI=1S/C23H19ClF5NO3/c1-2-6-14(10-16-18(24)11-17(23(27,28)29)20(26)19(16)25)21(31)30-15(12-33-22(30)32)9-13-7-4-3-5-8-13/h2-5,7-8,11,14-15H,1,6,9-10,12H2/t14-,15+/m0/s1. The van der Waals surface area contributed by atoms with E-state index in [9.17, 15) is 31.5 Å². The summed E-state index contributed by atoms with van der Waals surface area (Å²) in [6, 6.07) is 8.67. The number of imide groups is 1. The lowest BCUT2D eigenvalue weighted by Gasteiger charge is -2.25. The summed E-state index contributed by atoms with van der Waals surface area (Å²) in [6.45, 7) is 3.48. The molecule has 0 bridgehead atoms. The van der Waals surface area contributed by atoms with Crippen molar-refractivity contribution in [2.45, 2.75) is 31.5 Å². The Morgan fingerprint density at radius 2 is 1.91 bits per heavy atom. The van der Waals surface area contributed by atoms with E-state index in [4.69, 9.17) is 16.3 Å². The van der Waals surface area contributed by atoms with Crippen molar-refractivity contribution in [3.05, 3.63) is 82.4 Å². The minimum Gasteiger partial charge on any atom is -0.447 e. The van der Waals surface area contributed by atoms with E-state index in [1.54, 1.807) is 12.1 Å². The first-order valence-corrected chi connectivity index (χ1v) is 10.3. The molecule has 0 spiro atoms. The fraction of sp³-hybridized carbons (Fsp3) is 0.304. The topological polar surface area (TPSA) is 46.6 Å². The number of hydrogen-bond donors (Lipinski definition) is 0. The number of halogens is 6. The number of amides is 2. The third-order valence-electron chi connectivity index (χ3n) is 5.32. The number of nitrogens with zero attached hydrogens (tertiary/aromatic N) is 1. The van der Waals surface area contributed by atoms with Gasteiger partial charge >= 0.3 is 12.3 Å². The molecular weight excluding hydrogens is 469 g/mol. The van der Waals surface area contributed by atoms with Crippen molar-refractivity contribution >= 4 is 23.6 Å². The van der Waals surface area contributed by atoms with E-state index in [-0.39, 0.29) is 19.1 Å². The molecule has 0 N–H and O–H groups in total. The van der Waals surface area contributed by atoms with E-state index in [1.165, 1.54) is 6.08 Å². The van der Waals surface area contributed by atoms with Gasteiger partial charge in [0, 0.05) is 16.5 Å². The molecule has 33 heavy (non-hydrogen) atoms. The zero-order valence-corrected chi connectivity index (χ0v) is 17.9. The van der Waals surface area contributed by atoms with Crippen LogP contribution in [0.1, 0.15) is 23.1 Å². The molecule has 1 aliphatic heterocycles. The van der Waals surface area contributed by atoms with Gasteiger partial charge in [0.15, 0.2) is 11.6 Å². The average molecular weight is 488 g/mol. The Balaban J connectivity index is 1.89. The molecule has 3 rings (SSSR count). The highest BCUT2D eigenvalue weighted by atomic mass is 35.5. The average Bonchev–Trinajstić information content (AvgIpc) is 3.12. The van der Waals surface area contributed by atoms with Crippen LogP contribution in [0.5, 0.6) is 0 Å². The number of benzene rings is 2. The van der Waals surface area contributed by atoms with Crippen LogP contribution < -0.4 is 0 Å². The molecule has 0 aromatic heterocycles. The number of rotatable bonds is 7. The zero-order valence-electron chi connectivity index (χ0n) is 17.2. The highest BCUT2D eigenvalue weighted by molar-refractivity contribution is 6.31. The monoisotopic (exact) mass is 487 g/mol. The summed E-state index contributed by atoms with van der Waals surface area (Å²) in [7, 11) is 0. The van der Waals surface area contributed by atoms with Crippen molar-refractivity contribution in [1.29, 1.82) is 0 Å². The van der Waals surface area contributed by atoms with Crippen LogP contribution in [0.4, 0.5) is 26.7 Å². The van der Waals surface area contributed by atoms with Crippen molar-refractivity contribution in [3.8, 4) is 0 Å². The second kappa shape index (κ2) is 9.91. The normalized spacial score (nSPS) is 17.1. The van der Waals surface area contributed by atoms with Gasteiger partial charge in [-0.3, -0.25) is 4.79 Å². The first-order valence-electron chi connectivity index (χ1n) is 9.92. The van der Waals surface area contributed by atoms with Crippen LogP contribution in [0.3, 0.4) is 0 Å². The third-order valence-corrected chi connectivity index (χ3v) is 5.66. The second-order valence-corrected chi connectivity index (χ2v) is 7.97. The lowest BCUT2D eigenvalue weighted by molar-refractivity contribution is -0.140. The minimum atomic E-state index is -5.15. The molecule has 0 unspecified atom stereocenters. The van der Waals surface area contributed by atoms with Crippen LogP contribution in [0.15, 0.2) is 49.1 Å². The maximum Gasteiger partial charge on any atom is 0.419 e. The molecule has 10 heteroatoms. The van der Waals surface area contributed by atoms with Crippen molar-refractivity contribution in [2.75, 3.05) is 6.61 Å². The summed E-state index contributed by atoms with van der Waals surface area (Å²) in [5, 5.41) is -0.673. The summed E-state index contributed by atoms with van der Waals surface area (Å²) in [4.78, 5) is 26.4. The molecule has 0 saturated carbocycles. The Kier molecular flexibility index (Phi) is 7.41. The maximum absolute atomic E-state index is 14.5. The Morgan fingerprint density at radius 3 is 2.52 bits per heavy atom. The van der Waals surface area contributed by atoms with Crippen LogP contribution in [0.2, 0.25) is 5.02 Å². The Hall–Kier alpha value is -2.94. The van der Waals surface area contributed by atoms with Gasteiger partial charge in [-0.15, -0.1) is 6.58 Å². The summed E-state index contributed by atoms with van der Waals surface area (Å²) >= 11 is 5.84. The van der Waals surface area contributed by atoms with Gasteiger partial charge in [-0.05, 0) is 30.9 Å². The Bertz CT molecular complexity index is 1060. The largest absolute Gasteiger partial charge is 0.447 e. The fourth-order valence-electron chi connectivity index (χ4n) is 3.71. The van der Waals surface area contributed by atoms with E-state index in [1.807, 2.05) is 18.2 Å². The molecule has 1 fully saturated rings. The molecule has 1 saturated heterocycles. The molecule has 2 aromatic carbocycles. The number of hydrogen-bond acceptors (Lipinski definition) is 3. The molecule has 2 aromatic rings. The van der Waals surface area contributed by atoms with Gasteiger partial charge in [0.1, 0.15) is 6.61 Å². The van der Waals surface area contributed by atoms with Crippen LogP contribution in [-0.4, -0.2) is 29.5 Å². The van der Waals surface area contributed by atoms with Gasteiger partial charge in [0.05, 0.1) is 11.6 Å². The fourth-order valence-corrected chi connectivity index (χ4v) is 3.98. The number of carbonyl (C=O) groups excluding carboxylic acids is 2. The number of ether oxygens (including phenoxy) is 1. The summed E-state index contributed by atoms with van der Waals surface area (Å²) in [5.74, 6) is -5.76. The van der Waals surface area contributed by atoms with Gasteiger partial charge in [0.25, 0.3) is 0 Å². The van der Waals surface area contributed by atoms with Crippen molar-refractivity contribution in [3.63, 3.8) is 0 Å². The van der Waals surface area contributed by atoms with Crippen LogP contribution in [0, 0.1) is 17.6 Å². The maximum atomic E-state index is 14.5. The molecule has 0 radical (unpaired) electrons. The molecular formula is C23H19ClF5NO3. The number of cyclic esters (lactones) is 1. The summed E-state index contributed by atoms with van der Waals surface area (Å²) in [5.41, 5.74) is -1.58. The second-order valence-electron chi connectivity index (χ2n) is 7.56. The van der Waals surface area contributed by atoms with Crippen LogP contribution in [-0.2, 0) is 28.5 Å². The van der Waals surface area contributed by atoms with Gasteiger partial charge in [-0.25, -0.2) is 18.5 Å². The molecule has 1 heterocycles. The van der Waals surface area contributed by atoms with Gasteiger partial charge in [-0.2, -0.15) is 13.2 Å². The first kappa shape index (κ1) is 24.7. The van der Waals surface area contributed by atoms with Crippen molar-refractivity contribution < 1.29 is 36.3 Å². The molecule has 2 amide bonds. The number of alkyl halides is 3. The lowest BCUT2D eigenvalue weighted by Crippen LogP contribution is -2.44. The lowest BCUT2D eigenvalue weighted by atomic mass is 9.92. The first-order chi connectivity index (χ1) is 15.5. The SMILES string of the molecule is C=CC[C@@H](Cc1c(Cl)cc(C(F)(F)F)c(F)c1F)C(=O)N1C(=O)OC[C@H]1Cc1ccccc1. The number of carbonyl (C=O) groups is 2. The van der Waals surface area contributed by atoms with E-state index >= 15 is 0 Å². The molecule has 176 valence electrons. The minimum absolute atomic E-state index is 0.0513. The highest BCUT2D eigenvalue weighted by Gasteiger charge is 2.42. The smallest absolute Gasteiger partial charge is 0.419 e. The zero-order chi connectivity index (χ0) is 24.3. The predicted octanol–water partition coefficient (Wildman–Crippen LogP) is 5.96. The van der Waals surface area contributed by atoms with E-state index in [0.29, 0.717) is 6.42 Å². The van der Waals surface area contributed by atoms with E-state index in [2.05, 4.69) is 6.58 Å². The van der Waals surface area contributed by atoms with E-state index < -0.39 is 64.3 Å². The summed E-state index contributed by atoms with van der Waals surface area (Å²) in [6.07, 6.45) is -4.98. The van der Waals surface area contributed by atoms with Crippen LogP contribution in [0.25, 0.3) is 0 Å². The van der Waals surface area contributed by atoms with Crippen molar-refractivity contribution in [2.24, 2.45) is 5.92 Å². The van der Waals surface area contributed by atoms with E-state index in [0.717, 1.165) is 10.5 Å². The highest BCUT2D eigenvalue weighted by Crippen LogP contribution is 2.37.